The smallest absolute Gasteiger partial charge is 0.157 e. The first-order valence-electron chi connectivity index (χ1n) is 14.3. The van der Waals surface area contributed by atoms with Gasteiger partial charge in [-0.3, -0.25) is 4.79 Å². The molecule has 4 fully saturated rings. The maximum Gasteiger partial charge on any atom is 0.157 e. The summed E-state index contributed by atoms with van der Waals surface area (Å²) in [4.78, 5) is 13.8. The van der Waals surface area contributed by atoms with Gasteiger partial charge in [0.2, 0.25) is 0 Å². The largest absolute Gasteiger partial charge is 0.494 e. The lowest BCUT2D eigenvalue weighted by atomic mass is 9.43. The molecular formula is C30H43N3O4. The third-order valence-corrected chi connectivity index (χ3v) is 11.5. The van der Waals surface area contributed by atoms with Crippen LogP contribution in [0.2, 0.25) is 0 Å². The van der Waals surface area contributed by atoms with Crippen molar-refractivity contribution in [3.8, 4) is 5.75 Å². The molecular weight excluding hydrogens is 466 g/mol. The van der Waals surface area contributed by atoms with E-state index < -0.39 is 5.60 Å². The average Bonchev–Trinajstić information content (AvgIpc) is 3.44. The number of ketones is 1. The highest BCUT2D eigenvalue weighted by Gasteiger charge is 2.63. The summed E-state index contributed by atoms with van der Waals surface area (Å²) < 4.78 is 13.1. The number of benzene rings is 1. The number of fused-ring (bicyclic) bond motifs is 6. The number of hydrogen-bond donors (Lipinski definition) is 1. The molecule has 0 radical (unpaired) electrons. The molecule has 1 N–H and O–H groups in total. The van der Waals surface area contributed by atoms with Gasteiger partial charge in [0.1, 0.15) is 12.3 Å². The molecule has 2 unspecified atom stereocenters. The molecule has 2 aromatic rings. The molecule has 1 heterocycles. The summed E-state index contributed by atoms with van der Waals surface area (Å²) >= 11 is 0. The molecule has 4 aliphatic carbocycles. The fraction of sp³-hybridized carbons (Fsp3) is 0.767. The molecule has 0 aliphatic heterocycles. The van der Waals surface area contributed by atoms with Crippen molar-refractivity contribution in [2.45, 2.75) is 83.8 Å². The van der Waals surface area contributed by atoms with E-state index in [9.17, 15) is 9.90 Å². The second kappa shape index (κ2) is 9.04. The SMILES string of the molecule is COC[C@]12CC[C@@](C)(O)CC1CC[C@H]1C3CC[C@H](C(=O)Cn4nnc5c(OC)cccc54)[C@@]3(C)CC[C@@H]12. The van der Waals surface area contributed by atoms with E-state index in [4.69, 9.17) is 9.47 Å². The third kappa shape index (κ3) is 3.86. The minimum absolute atomic E-state index is 0.0492. The number of aliphatic hydroxyl groups is 1. The third-order valence-electron chi connectivity index (χ3n) is 11.5. The first-order valence-corrected chi connectivity index (χ1v) is 14.3. The normalized spacial score (nSPS) is 41.2. The fourth-order valence-corrected chi connectivity index (χ4v) is 9.82. The highest BCUT2D eigenvalue weighted by molar-refractivity contribution is 5.85. The van der Waals surface area contributed by atoms with Crippen LogP contribution in [-0.4, -0.2) is 52.3 Å². The summed E-state index contributed by atoms with van der Waals surface area (Å²) in [5, 5.41) is 19.5. The van der Waals surface area contributed by atoms with E-state index in [2.05, 4.69) is 17.2 Å². The van der Waals surface area contributed by atoms with Gasteiger partial charge in [-0.15, -0.1) is 5.10 Å². The van der Waals surface area contributed by atoms with E-state index >= 15 is 0 Å². The number of Topliss-reactive ketones (excluding diaryl/α,β-unsaturated/α-hetero) is 1. The number of aromatic nitrogens is 3. The predicted molar refractivity (Wildman–Crippen MR) is 141 cm³/mol. The zero-order valence-corrected chi connectivity index (χ0v) is 22.9. The topological polar surface area (TPSA) is 86.5 Å². The zero-order chi connectivity index (χ0) is 26.0. The van der Waals surface area contributed by atoms with Crippen LogP contribution in [-0.2, 0) is 16.1 Å². The van der Waals surface area contributed by atoms with Gasteiger partial charge in [-0.05, 0) is 111 Å². The van der Waals surface area contributed by atoms with E-state index in [-0.39, 0.29) is 23.3 Å². The van der Waals surface area contributed by atoms with E-state index in [0.717, 1.165) is 50.6 Å². The van der Waals surface area contributed by atoms with Gasteiger partial charge in [-0.2, -0.15) is 0 Å². The Morgan fingerprint density at radius 3 is 2.70 bits per heavy atom. The molecule has 0 spiro atoms. The molecule has 7 heteroatoms. The van der Waals surface area contributed by atoms with Crippen LogP contribution < -0.4 is 4.74 Å². The van der Waals surface area contributed by atoms with Gasteiger partial charge in [0.05, 0.1) is 24.8 Å². The van der Waals surface area contributed by atoms with Crippen LogP contribution in [0.15, 0.2) is 18.2 Å². The minimum Gasteiger partial charge on any atom is -0.494 e. The Hall–Kier alpha value is -1.99. The molecule has 0 saturated heterocycles. The summed E-state index contributed by atoms with van der Waals surface area (Å²) in [6.45, 7) is 5.51. The van der Waals surface area contributed by atoms with Crippen LogP contribution >= 0.6 is 0 Å². The van der Waals surface area contributed by atoms with Crippen LogP contribution in [0.1, 0.15) is 71.6 Å². The van der Waals surface area contributed by atoms with Gasteiger partial charge in [0.25, 0.3) is 0 Å². The first-order chi connectivity index (χ1) is 17.7. The molecule has 202 valence electrons. The highest BCUT2D eigenvalue weighted by atomic mass is 16.5. The molecule has 4 aliphatic rings. The van der Waals surface area contributed by atoms with Crippen molar-refractivity contribution in [3.05, 3.63) is 18.2 Å². The van der Waals surface area contributed by atoms with E-state index in [1.807, 2.05) is 32.2 Å². The van der Waals surface area contributed by atoms with Crippen LogP contribution in [0.5, 0.6) is 5.75 Å². The zero-order valence-electron chi connectivity index (χ0n) is 22.9. The lowest BCUT2D eigenvalue weighted by molar-refractivity contribution is -0.175. The Morgan fingerprint density at radius 2 is 1.92 bits per heavy atom. The second-order valence-corrected chi connectivity index (χ2v) is 13.2. The number of methoxy groups -OCH3 is 2. The van der Waals surface area contributed by atoms with Crippen molar-refractivity contribution in [1.29, 1.82) is 0 Å². The van der Waals surface area contributed by atoms with E-state index in [0.29, 0.717) is 40.7 Å². The highest BCUT2D eigenvalue weighted by Crippen LogP contribution is 2.68. The molecule has 37 heavy (non-hydrogen) atoms. The van der Waals surface area contributed by atoms with Crippen molar-refractivity contribution >= 4 is 16.8 Å². The Labute approximate surface area is 220 Å². The van der Waals surface area contributed by atoms with E-state index in [1.165, 1.54) is 19.3 Å². The molecule has 8 atom stereocenters. The van der Waals surface area contributed by atoms with Crippen LogP contribution in [0.25, 0.3) is 11.0 Å². The number of hydrogen-bond acceptors (Lipinski definition) is 6. The number of carbonyl (C=O) groups is 1. The van der Waals surface area contributed by atoms with E-state index in [1.54, 1.807) is 11.8 Å². The van der Waals surface area contributed by atoms with Crippen LogP contribution in [0.4, 0.5) is 0 Å². The van der Waals surface area contributed by atoms with Gasteiger partial charge in [0.15, 0.2) is 11.3 Å². The maximum absolute atomic E-state index is 13.8. The van der Waals surface area contributed by atoms with Crippen molar-refractivity contribution in [2.24, 2.45) is 40.4 Å². The maximum atomic E-state index is 13.8. The minimum atomic E-state index is -0.543. The Balaban J connectivity index is 1.23. The summed E-state index contributed by atoms with van der Waals surface area (Å²) in [6, 6.07) is 5.77. The molecule has 0 amide bonds. The second-order valence-electron chi connectivity index (χ2n) is 13.2. The summed E-state index contributed by atoms with van der Waals surface area (Å²) in [7, 11) is 3.48. The molecule has 4 saturated carbocycles. The quantitative estimate of drug-likeness (QED) is 0.587. The Morgan fingerprint density at radius 1 is 1.08 bits per heavy atom. The monoisotopic (exact) mass is 509 g/mol. The number of carbonyl (C=O) groups excluding carboxylic acids is 1. The summed E-state index contributed by atoms with van der Waals surface area (Å²) in [5.74, 6) is 3.48. The molecule has 1 aromatic carbocycles. The van der Waals surface area contributed by atoms with Crippen molar-refractivity contribution in [1.82, 2.24) is 15.0 Å². The molecule has 0 bridgehead atoms. The summed E-state index contributed by atoms with van der Waals surface area (Å²) in [6.07, 6.45) is 9.65. The average molecular weight is 510 g/mol. The van der Waals surface area contributed by atoms with Gasteiger partial charge in [-0.1, -0.05) is 18.2 Å². The Kier molecular flexibility index (Phi) is 6.18. The predicted octanol–water partition coefficient (Wildman–Crippen LogP) is 5.05. The van der Waals surface area contributed by atoms with Crippen LogP contribution in [0, 0.1) is 40.4 Å². The van der Waals surface area contributed by atoms with Gasteiger partial charge in [-0.25, -0.2) is 4.68 Å². The number of ether oxygens (including phenoxy) is 2. The van der Waals surface area contributed by atoms with Gasteiger partial charge in [0, 0.05) is 13.0 Å². The summed E-state index contributed by atoms with van der Waals surface area (Å²) in [5.41, 5.74) is 1.25. The number of nitrogens with zero attached hydrogens (tertiary/aromatic N) is 3. The fourth-order valence-electron chi connectivity index (χ4n) is 9.82. The van der Waals surface area contributed by atoms with Gasteiger partial charge >= 0.3 is 0 Å². The van der Waals surface area contributed by atoms with Crippen LogP contribution in [0.3, 0.4) is 0 Å². The van der Waals surface area contributed by atoms with Crippen molar-refractivity contribution in [3.63, 3.8) is 0 Å². The van der Waals surface area contributed by atoms with Crippen molar-refractivity contribution in [2.75, 3.05) is 20.8 Å². The standard InChI is InChI=1S/C30H43N3O4/c1-28(35)14-15-30(18-36-3)19(16-28)8-9-20-21-10-11-23(29(21,2)13-12-22(20)30)25(34)17-33-24-6-5-7-26(37-4)27(24)31-32-33/h5-7,19-23,35H,8-18H2,1-4H3/t19?,20-,21?,22-,23+,28+,29-,30+/m0/s1. The Bertz CT molecular complexity index is 1180. The first kappa shape index (κ1) is 25.3. The van der Waals surface area contributed by atoms with Gasteiger partial charge < -0.3 is 14.6 Å². The lowest BCUT2D eigenvalue weighted by Crippen LogP contribution is -2.58. The molecule has 1 aromatic heterocycles. The number of rotatable bonds is 6. The lowest BCUT2D eigenvalue weighted by Gasteiger charge is -2.62. The molecule has 6 rings (SSSR count). The molecule has 7 nitrogen and oxygen atoms in total. The van der Waals surface area contributed by atoms with Crippen molar-refractivity contribution < 1.29 is 19.4 Å².